The highest BCUT2D eigenvalue weighted by Crippen LogP contribution is 2.22. The van der Waals surface area contributed by atoms with Gasteiger partial charge < -0.3 is 15.2 Å². The topological polar surface area (TPSA) is 74.4 Å². The van der Waals surface area contributed by atoms with E-state index in [9.17, 15) is 18.0 Å². The summed E-state index contributed by atoms with van der Waals surface area (Å²) in [5.41, 5.74) is 5.04. The number of halogens is 3. The zero-order chi connectivity index (χ0) is 13.8. The first-order valence-electron chi connectivity index (χ1n) is 4.96. The quantitative estimate of drug-likeness (QED) is 0.874. The Hall–Kier alpha value is -1.99. The van der Waals surface area contributed by atoms with E-state index in [1.54, 1.807) is 6.92 Å². The molecule has 1 amide bonds. The minimum Gasteiger partial charge on any atom is -0.477 e. The standard InChI is InChI=1S/C10H11F3N2O3/c1-2-17-9-6(8(14)16)3-4-7(15-9)18-5-10(11,12)13/h3-4H,2,5H2,1H3,(H2,14,16). The number of nitrogens with zero attached hydrogens (tertiary/aromatic N) is 1. The second kappa shape index (κ2) is 5.56. The maximum absolute atomic E-state index is 11.9. The van der Waals surface area contributed by atoms with Gasteiger partial charge in [0.25, 0.3) is 5.91 Å². The van der Waals surface area contributed by atoms with Gasteiger partial charge in [0.15, 0.2) is 6.61 Å². The van der Waals surface area contributed by atoms with Gasteiger partial charge in [-0.1, -0.05) is 0 Å². The number of nitrogens with two attached hydrogens (primary N) is 1. The number of ether oxygens (including phenoxy) is 2. The highest BCUT2D eigenvalue weighted by molar-refractivity contribution is 5.95. The molecule has 1 aromatic rings. The molecule has 0 saturated heterocycles. The van der Waals surface area contributed by atoms with Crippen LogP contribution in [0.2, 0.25) is 0 Å². The Morgan fingerprint density at radius 3 is 2.56 bits per heavy atom. The summed E-state index contributed by atoms with van der Waals surface area (Å²) >= 11 is 0. The fraction of sp³-hybridized carbons (Fsp3) is 0.400. The van der Waals surface area contributed by atoms with E-state index in [1.165, 1.54) is 6.07 Å². The summed E-state index contributed by atoms with van der Waals surface area (Å²) in [6.07, 6.45) is -4.46. The zero-order valence-electron chi connectivity index (χ0n) is 9.45. The minimum absolute atomic E-state index is 0.0174. The largest absolute Gasteiger partial charge is 0.477 e. The maximum Gasteiger partial charge on any atom is 0.422 e. The Balaban J connectivity index is 2.89. The monoisotopic (exact) mass is 264 g/mol. The SMILES string of the molecule is CCOc1nc(OCC(F)(F)F)ccc1C(N)=O. The number of alkyl halides is 3. The normalized spacial score (nSPS) is 11.1. The predicted molar refractivity (Wildman–Crippen MR) is 55.5 cm³/mol. The summed E-state index contributed by atoms with van der Waals surface area (Å²) in [4.78, 5) is 14.6. The lowest BCUT2D eigenvalue weighted by Gasteiger charge is -2.11. The summed E-state index contributed by atoms with van der Waals surface area (Å²) in [7, 11) is 0. The third-order valence-corrected chi connectivity index (χ3v) is 1.76. The molecule has 2 N–H and O–H groups in total. The van der Waals surface area contributed by atoms with Crippen molar-refractivity contribution in [2.24, 2.45) is 5.73 Å². The molecule has 0 unspecified atom stereocenters. The molecule has 8 heteroatoms. The minimum atomic E-state index is -4.46. The molecule has 18 heavy (non-hydrogen) atoms. The Bertz CT molecular complexity index is 435. The van der Waals surface area contributed by atoms with Crippen LogP contribution in [0.5, 0.6) is 11.8 Å². The van der Waals surface area contributed by atoms with Gasteiger partial charge in [0.05, 0.1) is 6.61 Å². The van der Waals surface area contributed by atoms with Crippen LogP contribution < -0.4 is 15.2 Å². The smallest absolute Gasteiger partial charge is 0.422 e. The lowest BCUT2D eigenvalue weighted by Crippen LogP contribution is -2.20. The fourth-order valence-electron chi connectivity index (χ4n) is 1.09. The van der Waals surface area contributed by atoms with Gasteiger partial charge in [0.2, 0.25) is 11.8 Å². The highest BCUT2D eigenvalue weighted by atomic mass is 19.4. The number of carbonyl (C=O) groups is 1. The average Bonchev–Trinajstić information content (AvgIpc) is 2.25. The van der Waals surface area contributed by atoms with Crippen LogP contribution in [0.1, 0.15) is 17.3 Å². The van der Waals surface area contributed by atoms with Crippen molar-refractivity contribution < 1.29 is 27.4 Å². The van der Waals surface area contributed by atoms with Crippen LogP contribution in [0.4, 0.5) is 13.2 Å². The summed E-state index contributed by atoms with van der Waals surface area (Å²) < 4.78 is 45.2. The third-order valence-electron chi connectivity index (χ3n) is 1.76. The number of hydrogen-bond donors (Lipinski definition) is 1. The molecule has 5 nitrogen and oxygen atoms in total. The summed E-state index contributed by atoms with van der Waals surface area (Å²) in [5, 5.41) is 0. The molecule has 1 aromatic heterocycles. The van der Waals surface area contributed by atoms with Gasteiger partial charge in [-0.25, -0.2) is 0 Å². The Labute approximate surface area is 101 Å². The number of amides is 1. The molecule has 0 aromatic carbocycles. The molecule has 0 aliphatic rings. The number of primary amides is 1. The van der Waals surface area contributed by atoms with E-state index in [4.69, 9.17) is 10.5 Å². The van der Waals surface area contributed by atoms with E-state index in [2.05, 4.69) is 9.72 Å². The van der Waals surface area contributed by atoms with E-state index >= 15 is 0 Å². The van der Waals surface area contributed by atoms with Crippen molar-refractivity contribution in [3.05, 3.63) is 17.7 Å². The van der Waals surface area contributed by atoms with E-state index in [0.29, 0.717) is 0 Å². The van der Waals surface area contributed by atoms with Gasteiger partial charge in [-0.3, -0.25) is 4.79 Å². The van der Waals surface area contributed by atoms with Crippen LogP contribution in [-0.4, -0.2) is 30.3 Å². The molecule has 1 heterocycles. The van der Waals surface area contributed by atoms with Crippen molar-refractivity contribution >= 4 is 5.91 Å². The molecule has 0 bridgehead atoms. The molecule has 100 valence electrons. The molecular formula is C10H11F3N2O3. The van der Waals surface area contributed by atoms with Crippen molar-refractivity contribution in [2.75, 3.05) is 13.2 Å². The maximum atomic E-state index is 11.9. The summed E-state index contributed by atoms with van der Waals surface area (Å²) in [6, 6.07) is 2.32. The first kappa shape index (κ1) is 14.1. The molecular weight excluding hydrogens is 253 g/mol. The molecule has 1 rings (SSSR count). The second-order valence-corrected chi connectivity index (χ2v) is 3.20. The van der Waals surface area contributed by atoms with Crippen molar-refractivity contribution in [3.8, 4) is 11.8 Å². The van der Waals surface area contributed by atoms with Crippen molar-refractivity contribution in [1.29, 1.82) is 0 Å². The number of aromatic nitrogens is 1. The van der Waals surface area contributed by atoms with Crippen LogP contribution in [0.25, 0.3) is 0 Å². The molecule has 0 aliphatic heterocycles. The van der Waals surface area contributed by atoms with Crippen LogP contribution in [0, 0.1) is 0 Å². The fourth-order valence-corrected chi connectivity index (χ4v) is 1.09. The van der Waals surface area contributed by atoms with Crippen molar-refractivity contribution in [3.63, 3.8) is 0 Å². The lowest BCUT2D eigenvalue weighted by molar-refractivity contribution is -0.154. The molecule has 0 spiro atoms. The Kier molecular flexibility index (Phi) is 4.35. The molecule has 0 fully saturated rings. The third kappa shape index (κ3) is 4.11. The zero-order valence-corrected chi connectivity index (χ0v) is 9.45. The Morgan fingerprint density at radius 1 is 1.39 bits per heavy atom. The molecule has 0 radical (unpaired) electrons. The van der Waals surface area contributed by atoms with Gasteiger partial charge >= 0.3 is 6.18 Å². The molecule has 0 saturated carbocycles. The van der Waals surface area contributed by atoms with Crippen LogP contribution in [-0.2, 0) is 0 Å². The number of pyridine rings is 1. The van der Waals surface area contributed by atoms with Gasteiger partial charge in [-0.15, -0.1) is 0 Å². The number of hydrogen-bond acceptors (Lipinski definition) is 4. The number of rotatable bonds is 5. The second-order valence-electron chi connectivity index (χ2n) is 3.20. The lowest BCUT2D eigenvalue weighted by atomic mass is 10.2. The van der Waals surface area contributed by atoms with Crippen LogP contribution in [0.3, 0.4) is 0 Å². The van der Waals surface area contributed by atoms with Gasteiger partial charge in [0, 0.05) is 6.07 Å². The van der Waals surface area contributed by atoms with Crippen molar-refractivity contribution in [2.45, 2.75) is 13.1 Å². The summed E-state index contributed by atoms with van der Waals surface area (Å²) in [6.45, 7) is 0.354. The van der Waals surface area contributed by atoms with E-state index in [0.717, 1.165) is 6.07 Å². The van der Waals surface area contributed by atoms with Gasteiger partial charge in [0.1, 0.15) is 5.56 Å². The average molecular weight is 264 g/mol. The van der Waals surface area contributed by atoms with Crippen LogP contribution >= 0.6 is 0 Å². The highest BCUT2D eigenvalue weighted by Gasteiger charge is 2.28. The van der Waals surface area contributed by atoms with Gasteiger partial charge in [-0.2, -0.15) is 18.2 Å². The van der Waals surface area contributed by atoms with E-state index < -0.39 is 18.7 Å². The number of carbonyl (C=O) groups excluding carboxylic acids is 1. The molecule has 0 atom stereocenters. The summed E-state index contributed by atoms with van der Waals surface area (Å²) in [5.74, 6) is -1.22. The first-order valence-corrected chi connectivity index (χ1v) is 4.96. The van der Waals surface area contributed by atoms with E-state index in [1.807, 2.05) is 0 Å². The molecule has 0 aliphatic carbocycles. The van der Waals surface area contributed by atoms with Gasteiger partial charge in [-0.05, 0) is 13.0 Å². The first-order chi connectivity index (χ1) is 8.33. The van der Waals surface area contributed by atoms with Crippen LogP contribution in [0.15, 0.2) is 12.1 Å². The van der Waals surface area contributed by atoms with E-state index in [-0.39, 0.29) is 23.9 Å². The van der Waals surface area contributed by atoms with Crippen molar-refractivity contribution in [1.82, 2.24) is 4.98 Å². The Morgan fingerprint density at radius 2 is 2.06 bits per heavy atom. The predicted octanol–water partition coefficient (Wildman–Crippen LogP) is 1.52.